The zero-order valence-electron chi connectivity index (χ0n) is 14.7. The van der Waals surface area contributed by atoms with Crippen LogP contribution >= 0.6 is 0 Å². The molecule has 2 aromatic rings. The molecule has 1 aromatic heterocycles. The van der Waals surface area contributed by atoms with Crippen molar-refractivity contribution >= 4 is 11.8 Å². The van der Waals surface area contributed by atoms with Gasteiger partial charge in [0.05, 0.1) is 12.2 Å². The van der Waals surface area contributed by atoms with Gasteiger partial charge in [0.1, 0.15) is 17.3 Å². The topological polar surface area (TPSA) is 74.7 Å². The number of amides is 2. The Kier molecular flexibility index (Phi) is 6.39. The third-order valence-electron chi connectivity index (χ3n) is 3.56. The second-order valence-electron chi connectivity index (χ2n) is 5.83. The van der Waals surface area contributed by atoms with Crippen LogP contribution in [-0.2, 0) is 0 Å². The number of nitrogens with one attached hydrogen (secondary N) is 1. The molecule has 0 aliphatic rings. The first-order valence-electron chi connectivity index (χ1n) is 7.85. The highest BCUT2D eigenvalue weighted by molar-refractivity contribution is 5.88. The van der Waals surface area contributed by atoms with Crippen LogP contribution in [0.15, 0.2) is 30.3 Å². The van der Waals surface area contributed by atoms with E-state index < -0.39 is 36.5 Å². The number of likely N-dealkylation sites (N-methyl/N-ethyl adjacent to an activating group) is 1. The molecule has 0 unspecified atom stereocenters. The molecular formula is C17H16F5N3O3. The number of carbonyl (C=O) groups excluding carboxylic acids is 1. The fourth-order valence-electron chi connectivity index (χ4n) is 2.04. The molecule has 0 fully saturated rings. The fourth-order valence-corrected chi connectivity index (χ4v) is 2.04. The van der Waals surface area contributed by atoms with Crippen molar-refractivity contribution in [3.8, 4) is 11.5 Å². The van der Waals surface area contributed by atoms with Crippen molar-refractivity contribution in [1.82, 2.24) is 9.88 Å². The van der Waals surface area contributed by atoms with Crippen molar-refractivity contribution in [3.05, 3.63) is 47.7 Å². The van der Waals surface area contributed by atoms with E-state index in [-0.39, 0.29) is 23.0 Å². The van der Waals surface area contributed by atoms with Crippen LogP contribution in [0.3, 0.4) is 0 Å². The first-order valence-corrected chi connectivity index (χ1v) is 7.85. The summed E-state index contributed by atoms with van der Waals surface area (Å²) in [6.07, 6.45) is -7.52. The average Bonchev–Trinajstić information content (AvgIpc) is 2.59. The number of benzene rings is 1. The molecule has 28 heavy (non-hydrogen) atoms. The molecule has 0 bridgehead atoms. The number of rotatable bonds is 5. The molecule has 152 valence electrons. The highest BCUT2D eigenvalue weighted by Crippen LogP contribution is 2.26. The van der Waals surface area contributed by atoms with Gasteiger partial charge in [0.25, 0.3) is 0 Å². The number of alkyl halides is 3. The van der Waals surface area contributed by atoms with Crippen molar-refractivity contribution < 1.29 is 36.6 Å². The average molecular weight is 405 g/mol. The summed E-state index contributed by atoms with van der Waals surface area (Å²) in [5.74, 6) is -1.86. The van der Waals surface area contributed by atoms with Crippen LogP contribution < -0.4 is 10.1 Å². The predicted molar refractivity (Wildman–Crippen MR) is 89.1 cm³/mol. The number of aliphatic hydroxyl groups excluding tert-OH is 1. The number of aliphatic hydroxyl groups is 1. The van der Waals surface area contributed by atoms with Gasteiger partial charge in [-0.3, -0.25) is 5.32 Å². The second kappa shape index (κ2) is 8.38. The quantitative estimate of drug-likeness (QED) is 0.742. The maximum atomic E-state index is 13.2. The van der Waals surface area contributed by atoms with E-state index in [2.05, 4.69) is 10.3 Å². The van der Waals surface area contributed by atoms with Gasteiger partial charge >= 0.3 is 12.2 Å². The Morgan fingerprint density at radius 1 is 1.25 bits per heavy atom. The van der Waals surface area contributed by atoms with E-state index in [1.807, 2.05) is 0 Å². The molecule has 0 saturated heterocycles. The van der Waals surface area contributed by atoms with E-state index in [1.54, 1.807) is 0 Å². The number of aryl methyl sites for hydroxylation is 1. The summed E-state index contributed by atoms with van der Waals surface area (Å²) in [7, 11) is 1.08. The molecule has 2 rings (SSSR count). The summed E-state index contributed by atoms with van der Waals surface area (Å²) in [6, 6.07) is 4.76. The lowest BCUT2D eigenvalue weighted by atomic mass is 10.3. The van der Waals surface area contributed by atoms with Crippen LogP contribution in [-0.4, -0.2) is 46.9 Å². The number of hydrogen-bond donors (Lipinski definition) is 2. The molecule has 2 amide bonds. The van der Waals surface area contributed by atoms with Gasteiger partial charge < -0.3 is 14.7 Å². The molecule has 1 aromatic carbocycles. The third-order valence-corrected chi connectivity index (χ3v) is 3.56. The second-order valence-corrected chi connectivity index (χ2v) is 5.83. The molecule has 0 saturated carbocycles. The number of pyridine rings is 1. The van der Waals surface area contributed by atoms with Gasteiger partial charge in [0.2, 0.25) is 0 Å². The Morgan fingerprint density at radius 3 is 2.50 bits per heavy atom. The van der Waals surface area contributed by atoms with Crippen LogP contribution in [0.25, 0.3) is 0 Å². The monoisotopic (exact) mass is 405 g/mol. The van der Waals surface area contributed by atoms with Crippen LogP contribution in [0.2, 0.25) is 0 Å². The molecule has 11 heteroatoms. The van der Waals surface area contributed by atoms with Gasteiger partial charge in [-0.05, 0) is 31.2 Å². The highest BCUT2D eigenvalue weighted by atomic mass is 19.4. The SMILES string of the molecule is Cc1nc(NC(=O)N(C)C[C@@H](O)C(F)(F)F)ccc1Oc1ccc(F)c(F)c1. The summed E-state index contributed by atoms with van der Waals surface area (Å²) in [4.78, 5) is 16.6. The highest BCUT2D eigenvalue weighted by Gasteiger charge is 2.39. The molecule has 6 nitrogen and oxygen atoms in total. The van der Waals surface area contributed by atoms with Crippen molar-refractivity contribution in [2.45, 2.75) is 19.2 Å². The van der Waals surface area contributed by atoms with E-state index in [0.29, 0.717) is 4.90 Å². The minimum Gasteiger partial charge on any atom is -0.455 e. The molecule has 1 atom stereocenters. The molecule has 0 aliphatic heterocycles. The fraction of sp³-hybridized carbons (Fsp3) is 0.294. The summed E-state index contributed by atoms with van der Waals surface area (Å²) in [5, 5.41) is 11.3. The molecule has 2 N–H and O–H groups in total. The van der Waals surface area contributed by atoms with E-state index in [1.165, 1.54) is 25.1 Å². The zero-order valence-corrected chi connectivity index (χ0v) is 14.7. The standard InChI is InChI=1S/C17H16F5N3O3/c1-9-13(28-10-3-4-11(18)12(19)7-10)5-6-15(23-9)24-16(27)25(2)8-14(26)17(20,21)22/h3-7,14,26H,8H2,1-2H3,(H,23,24,27)/t14-/m1/s1. The Hall–Kier alpha value is -2.95. The number of urea groups is 1. The Bertz CT molecular complexity index is 860. The summed E-state index contributed by atoms with van der Waals surface area (Å²) in [5.41, 5.74) is 0.278. The summed E-state index contributed by atoms with van der Waals surface area (Å²) in [6.45, 7) is 0.563. The van der Waals surface area contributed by atoms with Gasteiger partial charge in [-0.2, -0.15) is 13.2 Å². The van der Waals surface area contributed by atoms with Crippen LogP contribution in [0.5, 0.6) is 11.5 Å². The largest absolute Gasteiger partial charge is 0.455 e. The van der Waals surface area contributed by atoms with Crippen molar-refractivity contribution in [1.29, 1.82) is 0 Å². The Labute approximate surface area is 156 Å². The summed E-state index contributed by atoms with van der Waals surface area (Å²) >= 11 is 0. The van der Waals surface area contributed by atoms with Crippen LogP contribution in [0.4, 0.5) is 32.6 Å². The number of nitrogens with zero attached hydrogens (tertiary/aromatic N) is 2. The molecule has 0 spiro atoms. The maximum Gasteiger partial charge on any atom is 0.416 e. The molecule has 0 aliphatic carbocycles. The molecule has 0 radical (unpaired) electrons. The number of carbonyl (C=O) groups is 1. The van der Waals surface area contributed by atoms with Crippen LogP contribution in [0.1, 0.15) is 5.69 Å². The maximum absolute atomic E-state index is 13.2. The van der Waals surface area contributed by atoms with Crippen molar-refractivity contribution in [2.24, 2.45) is 0 Å². The number of aromatic nitrogens is 1. The lowest BCUT2D eigenvalue weighted by molar-refractivity contribution is -0.205. The predicted octanol–water partition coefficient (Wildman–Crippen LogP) is 3.85. The van der Waals surface area contributed by atoms with Crippen molar-refractivity contribution in [2.75, 3.05) is 18.9 Å². The zero-order chi connectivity index (χ0) is 21.1. The summed E-state index contributed by atoms with van der Waals surface area (Å²) < 4.78 is 68.6. The lowest BCUT2D eigenvalue weighted by Crippen LogP contribution is -2.43. The lowest BCUT2D eigenvalue weighted by Gasteiger charge is -2.22. The van der Waals surface area contributed by atoms with Gasteiger partial charge in [-0.15, -0.1) is 0 Å². The van der Waals surface area contributed by atoms with Gasteiger partial charge in [-0.25, -0.2) is 18.6 Å². The first-order chi connectivity index (χ1) is 13.0. The van der Waals surface area contributed by atoms with E-state index >= 15 is 0 Å². The van der Waals surface area contributed by atoms with E-state index in [0.717, 1.165) is 19.2 Å². The molecular weight excluding hydrogens is 389 g/mol. The Morgan fingerprint density at radius 2 is 1.93 bits per heavy atom. The Balaban J connectivity index is 2.03. The number of ether oxygens (including phenoxy) is 1. The van der Waals surface area contributed by atoms with E-state index in [9.17, 15) is 26.7 Å². The normalized spacial score (nSPS) is 12.4. The molecule has 1 heterocycles. The first kappa shape index (κ1) is 21.4. The number of anilines is 1. The third kappa shape index (κ3) is 5.52. The van der Waals surface area contributed by atoms with Gasteiger partial charge in [-0.1, -0.05) is 0 Å². The van der Waals surface area contributed by atoms with Crippen molar-refractivity contribution in [3.63, 3.8) is 0 Å². The smallest absolute Gasteiger partial charge is 0.416 e. The van der Waals surface area contributed by atoms with Crippen LogP contribution in [0, 0.1) is 18.6 Å². The van der Waals surface area contributed by atoms with Gasteiger partial charge in [0, 0.05) is 13.1 Å². The van der Waals surface area contributed by atoms with Gasteiger partial charge in [0.15, 0.2) is 17.7 Å². The number of hydrogen-bond acceptors (Lipinski definition) is 4. The van der Waals surface area contributed by atoms with E-state index in [4.69, 9.17) is 9.84 Å². The minimum absolute atomic E-state index is 0.0217. The number of halogens is 5. The minimum atomic E-state index is -4.85.